The number of aromatic amines is 1. The van der Waals surface area contributed by atoms with Gasteiger partial charge >= 0.3 is 0 Å². The highest BCUT2D eigenvalue weighted by molar-refractivity contribution is 7.13. The Hall–Kier alpha value is -2.42. The van der Waals surface area contributed by atoms with Crippen molar-refractivity contribution in [1.29, 1.82) is 0 Å². The van der Waals surface area contributed by atoms with E-state index in [0.717, 1.165) is 60.2 Å². The predicted molar refractivity (Wildman–Crippen MR) is 117 cm³/mol. The summed E-state index contributed by atoms with van der Waals surface area (Å²) in [4.78, 5) is 34.3. The minimum Gasteiger partial charge on any atom is -0.351 e. The Kier molecular flexibility index (Phi) is 5.22. The molecule has 2 unspecified atom stereocenters. The van der Waals surface area contributed by atoms with Crippen molar-refractivity contribution in [1.82, 2.24) is 25.9 Å². The molecule has 4 N–H and O–H groups in total. The van der Waals surface area contributed by atoms with Gasteiger partial charge in [-0.1, -0.05) is 11.6 Å². The van der Waals surface area contributed by atoms with Gasteiger partial charge in [0.25, 0.3) is 11.8 Å². The topological polar surface area (TPSA) is 98.9 Å². The molecule has 3 aromatic rings. The van der Waals surface area contributed by atoms with E-state index < -0.39 is 0 Å². The van der Waals surface area contributed by atoms with E-state index in [1.54, 1.807) is 12.1 Å². The molecule has 3 heterocycles. The first kappa shape index (κ1) is 19.5. The van der Waals surface area contributed by atoms with Gasteiger partial charge in [0.05, 0.1) is 5.69 Å². The molecular weight excluding hydrogens is 422 g/mol. The van der Waals surface area contributed by atoms with Crippen LogP contribution in [0.4, 0.5) is 0 Å². The second-order valence-electron chi connectivity index (χ2n) is 7.82. The summed E-state index contributed by atoms with van der Waals surface area (Å²) in [6, 6.07) is 7.07. The van der Waals surface area contributed by atoms with Gasteiger partial charge in [0, 0.05) is 52.4 Å². The van der Waals surface area contributed by atoms with Crippen molar-refractivity contribution in [3.63, 3.8) is 0 Å². The average molecular weight is 444 g/mol. The third kappa shape index (κ3) is 3.82. The molecule has 1 fully saturated rings. The molecule has 2 atom stereocenters. The summed E-state index contributed by atoms with van der Waals surface area (Å²) in [5, 5.41) is 11.5. The zero-order chi connectivity index (χ0) is 20.7. The van der Waals surface area contributed by atoms with Crippen LogP contribution in [0.1, 0.15) is 50.1 Å². The number of amides is 2. The van der Waals surface area contributed by atoms with E-state index in [-0.39, 0.29) is 23.9 Å². The van der Waals surface area contributed by atoms with Crippen LogP contribution in [0.2, 0.25) is 5.02 Å². The second kappa shape index (κ2) is 8.02. The third-order valence-corrected chi connectivity index (χ3v) is 7.10. The molecule has 7 nitrogen and oxygen atoms in total. The van der Waals surface area contributed by atoms with Gasteiger partial charge in [0.1, 0.15) is 5.69 Å². The first-order chi connectivity index (χ1) is 14.6. The summed E-state index contributed by atoms with van der Waals surface area (Å²) in [7, 11) is 0. The Bertz CT molecular complexity index is 1100. The second-order valence-corrected chi connectivity index (χ2v) is 9.34. The molecule has 0 spiro atoms. The number of carbonyl (C=O) groups is 2. The molecule has 1 aliphatic carbocycles. The van der Waals surface area contributed by atoms with E-state index in [1.807, 2.05) is 12.1 Å². The largest absolute Gasteiger partial charge is 0.351 e. The average Bonchev–Trinajstić information content (AvgIpc) is 3.45. The Morgan fingerprint density at radius 3 is 2.73 bits per heavy atom. The number of carbonyl (C=O) groups excluding carboxylic acids is 2. The third-order valence-electron chi connectivity index (χ3n) is 5.77. The molecular formula is C21H22ClN5O2S. The van der Waals surface area contributed by atoms with Crippen molar-refractivity contribution in [3.8, 4) is 0 Å². The number of aromatic nitrogens is 2. The summed E-state index contributed by atoms with van der Waals surface area (Å²) >= 11 is 7.49. The van der Waals surface area contributed by atoms with E-state index in [2.05, 4.69) is 25.9 Å². The maximum absolute atomic E-state index is 12.8. The molecule has 2 amide bonds. The molecule has 1 aromatic carbocycles. The maximum Gasteiger partial charge on any atom is 0.280 e. The number of hydrogen-bond donors (Lipinski definition) is 4. The smallest absolute Gasteiger partial charge is 0.280 e. The fourth-order valence-electron chi connectivity index (χ4n) is 4.23. The number of fused-ring (bicyclic) bond motifs is 2. The Morgan fingerprint density at radius 2 is 1.93 bits per heavy atom. The fraction of sp³-hybridized carbons (Fsp3) is 0.381. The van der Waals surface area contributed by atoms with Gasteiger partial charge in [-0.3, -0.25) is 9.59 Å². The molecule has 1 aliphatic heterocycles. The first-order valence-electron chi connectivity index (χ1n) is 10.2. The molecule has 2 aromatic heterocycles. The van der Waals surface area contributed by atoms with Crippen molar-refractivity contribution in [3.05, 3.63) is 50.6 Å². The lowest BCUT2D eigenvalue weighted by atomic mass is 10.1. The summed E-state index contributed by atoms with van der Waals surface area (Å²) in [5.41, 5.74) is 2.38. The van der Waals surface area contributed by atoms with Crippen LogP contribution in [0.15, 0.2) is 24.3 Å². The summed E-state index contributed by atoms with van der Waals surface area (Å²) < 4.78 is 0. The van der Waals surface area contributed by atoms with Gasteiger partial charge < -0.3 is 20.9 Å². The van der Waals surface area contributed by atoms with Crippen molar-refractivity contribution in [2.24, 2.45) is 0 Å². The van der Waals surface area contributed by atoms with Gasteiger partial charge in [-0.15, -0.1) is 11.3 Å². The van der Waals surface area contributed by atoms with Gasteiger partial charge in [-0.2, -0.15) is 0 Å². The van der Waals surface area contributed by atoms with Crippen LogP contribution in [0.5, 0.6) is 0 Å². The Labute approximate surface area is 182 Å². The highest BCUT2D eigenvalue weighted by Crippen LogP contribution is 2.25. The van der Waals surface area contributed by atoms with Gasteiger partial charge in [-0.05, 0) is 43.5 Å². The van der Waals surface area contributed by atoms with Crippen LogP contribution in [-0.2, 0) is 13.0 Å². The molecule has 9 heteroatoms. The number of rotatable bonds is 4. The van der Waals surface area contributed by atoms with Crippen LogP contribution in [0, 0.1) is 0 Å². The molecule has 0 radical (unpaired) electrons. The minimum absolute atomic E-state index is 0.0978. The monoisotopic (exact) mass is 443 g/mol. The molecule has 156 valence electrons. The first-order valence-corrected chi connectivity index (χ1v) is 11.4. The van der Waals surface area contributed by atoms with Gasteiger partial charge in [-0.25, -0.2) is 4.98 Å². The van der Waals surface area contributed by atoms with Crippen molar-refractivity contribution in [2.45, 2.75) is 44.3 Å². The Morgan fingerprint density at radius 1 is 1.13 bits per heavy atom. The van der Waals surface area contributed by atoms with Crippen LogP contribution >= 0.6 is 22.9 Å². The van der Waals surface area contributed by atoms with Crippen LogP contribution in [0.3, 0.4) is 0 Å². The molecule has 0 saturated heterocycles. The normalized spacial score (nSPS) is 20.8. The zero-order valence-corrected chi connectivity index (χ0v) is 17.8. The van der Waals surface area contributed by atoms with E-state index >= 15 is 0 Å². The molecule has 2 aliphatic rings. The van der Waals surface area contributed by atoms with Crippen molar-refractivity contribution in [2.75, 3.05) is 6.54 Å². The van der Waals surface area contributed by atoms with Crippen molar-refractivity contribution < 1.29 is 9.59 Å². The molecule has 0 bridgehead atoms. The van der Waals surface area contributed by atoms with Gasteiger partial charge in [0.2, 0.25) is 0 Å². The standard InChI is InChI=1S/C21H22ClN5O2S/c22-12-4-5-13-11(8-12)9-17(24-13)19(28)25-14-2-1-3-15(14)26-20(29)21-27-16-6-7-23-10-18(16)30-21/h4-5,8-9,14-15,23-24H,1-3,6-7,10H2,(H,25,28)(H,26,29). The molecule has 5 rings (SSSR count). The highest BCUT2D eigenvalue weighted by atomic mass is 35.5. The lowest BCUT2D eigenvalue weighted by molar-refractivity contribution is 0.0889. The van der Waals surface area contributed by atoms with Crippen LogP contribution in [-0.4, -0.2) is 40.4 Å². The SMILES string of the molecule is O=C(NC1CCCC1NC(=O)c1nc2c(s1)CNCC2)c1cc2cc(Cl)ccc2[nH]1. The van der Waals surface area contributed by atoms with E-state index in [0.29, 0.717) is 15.7 Å². The summed E-state index contributed by atoms with van der Waals surface area (Å²) in [6.45, 7) is 1.67. The summed E-state index contributed by atoms with van der Waals surface area (Å²) in [6.07, 6.45) is 3.49. The van der Waals surface area contributed by atoms with E-state index in [1.165, 1.54) is 11.3 Å². The van der Waals surface area contributed by atoms with Crippen LogP contribution < -0.4 is 16.0 Å². The highest BCUT2D eigenvalue weighted by Gasteiger charge is 2.31. The number of thiazole rings is 1. The Balaban J connectivity index is 1.25. The van der Waals surface area contributed by atoms with E-state index in [9.17, 15) is 9.59 Å². The lowest BCUT2D eigenvalue weighted by Crippen LogP contribution is -2.48. The van der Waals surface area contributed by atoms with Crippen LogP contribution in [0.25, 0.3) is 10.9 Å². The number of hydrogen-bond acceptors (Lipinski definition) is 5. The fourth-order valence-corrected chi connectivity index (χ4v) is 5.39. The number of nitrogens with zero attached hydrogens (tertiary/aromatic N) is 1. The van der Waals surface area contributed by atoms with E-state index in [4.69, 9.17) is 11.6 Å². The number of halogens is 1. The number of nitrogens with one attached hydrogen (secondary N) is 4. The maximum atomic E-state index is 12.8. The molecule has 1 saturated carbocycles. The number of benzene rings is 1. The predicted octanol–water partition coefficient (Wildman–Crippen LogP) is 3.00. The lowest BCUT2D eigenvalue weighted by Gasteiger charge is -2.21. The quantitative estimate of drug-likeness (QED) is 0.498. The summed E-state index contributed by atoms with van der Waals surface area (Å²) in [5.74, 6) is -0.329. The minimum atomic E-state index is -0.177. The molecule has 30 heavy (non-hydrogen) atoms. The van der Waals surface area contributed by atoms with Crippen molar-refractivity contribution >= 4 is 45.7 Å². The van der Waals surface area contributed by atoms with Gasteiger partial charge in [0.15, 0.2) is 5.01 Å². The zero-order valence-electron chi connectivity index (χ0n) is 16.3. The number of H-pyrrole nitrogens is 1.